The standard InChI is InChI=1S/C40H58FN5O5/c1-45(38(50)37-40(22-13-7-4-8-14-23-40)29-20-11-12-21-30(29)42-37)39-36(49)34(35(48)31(25-47)51-39)46-33(26-16-9-5-2-3-6-10-17-26)32(43-44-46)27-18-15-19-28(41)24-27/h11-12,15,18-21,24,26,31-37,39,42-44,47-49H,2-10,13-14,16-17,22-23,25H2,1H3/t31-,32?,33?,34+,35+,36-,37?,39-/m1/s1. The molecule has 8 atom stereocenters. The van der Waals surface area contributed by atoms with Crippen molar-refractivity contribution in [3.63, 3.8) is 0 Å². The van der Waals surface area contributed by atoms with Crippen LogP contribution in [0.4, 0.5) is 10.1 Å². The molecular formula is C40H58FN5O5. The SMILES string of the molecule is CN(C(=O)C1Nc2ccccc2C12CCCCCCC2)[C@@H]1O[C@H](CO)[C@H](O)[C@H](N2NNC(c3cccc(F)c3)C2C2CCCCCCCC2)[C@H]1O. The van der Waals surface area contributed by atoms with Crippen LogP contribution in [0.1, 0.15) is 113 Å². The Balaban J connectivity index is 1.20. The molecule has 1 amide bonds. The van der Waals surface area contributed by atoms with E-state index < -0.39 is 43.2 Å². The van der Waals surface area contributed by atoms with Crippen LogP contribution in [0.3, 0.4) is 0 Å². The summed E-state index contributed by atoms with van der Waals surface area (Å²) in [6, 6.07) is 12.8. The van der Waals surface area contributed by atoms with Crippen LogP contribution in [0.2, 0.25) is 0 Å². The van der Waals surface area contributed by atoms with Crippen molar-refractivity contribution in [2.45, 2.75) is 150 Å². The number of nitrogens with one attached hydrogen (secondary N) is 3. The highest BCUT2D eigenvalue weighted by molar-refractivity contribution is 5.90. The van der Waals surface area contributed by atoms with Gasteiger partial charge < -0.3 is 30.3 Å². The van der Waals surface area contributed by atoms with E-state index in [-0.39, 0.29) is 35.1 Å². The van der Waals surface area contributed by atoms with Gasteiger partial charge in [0.25, 0.3) is 0 Å². The molecule has 0 aromatic heterocycles. The maximum atomic E-state index is 14.8. The number of benzene rings is 2. The number of carbonyl (C=O) groups excluding carboxylic acids is 1. The maximum absolute atomic E-state index is 14.8. The molecule has 3 heterocycles. The first kappa shape index (κ1) is 36.7. The lowest BCUT2D eigenvalue weighted by molar-refractivity contribution is -0.255. The molecule has 0 bridgehead atoms. The zero-order chi connectivity index (χ0) is 35.5. The molecule has 4 fully saturated rings. The van der Waals surface area contributed by atoms with Gasteiger partial charge in [-0.05, 0) is 60.9 Å². The summed E-state index contributed by atoms with van der Waals surface area (Å²) in [4.78, 5) is 16.3. The topological polar surface area (TPSA) is 130 Å². The van der Waals surface area contributed by atoms with Crippen LogP contribution in [0, 0.1) is 11.7 Å². The highest BCUT2D eigenvalue weighted by atomic mass is 19.1. The molecule has 2 aliphatic carbocycles. The fraction of sp³-hybridized carbons (Fsp3) is 0.675. The van der Waals surface area contributed by atoms with E-state index in [0.29, 0.717) is 0 Å². The zero-order valence-corrected chi connectivity index (χ0v) is 30.1. The molecule has 2 aromatic carbocycles. The summed E-state index contributed by atoms with van der Waals surface area (Å²) in [6.45, 7) is -0.483. The average Bonchev–Trinajstić information content (AvgIpc) is 3.73. The summed E-state index contributed by atoms with van der Waals surface area (Å²) in [7, 11) is 1.67. The van der Waals surface area contributed by atoms with Gasteiger partial charge in [-0.2, -0.15) is 5.53 Å². The largest absolute Gasteiger partial charge is 0.394 e. The Morgan fingerprint density at radius 1 is 0.902 bits per heavy atom. The number of likely N-dealkylation sites (N-methyl/N-ethyl adjacent to an activating group) is 1. The van der Waals surface area contributed by atoms with E-state index in [1.807, 2.05) is 29.3 Å². The second-order valence-corrected chi connectivity index (χ2v) is 15.9. The minimum atomic E-state index is -1.33. The molecule has 2 saturated carbocycles. The molecule has 2 aromatic rings. The highest BCUT2D eigenvalue weighted by Gasteiger charge is 2.56. The van der Waals surface area contributed by atoms with E-state index in [1.165, 1.54) is 35.8 Å². The number of fused-ring (bicyclic) bond motifs is 2. The monoisotopic (exact) mass is 707 g/mol. The van der Waals surface area contributed by atoms with Crippen molar-refractivity contribution in [3.05, 3.63) is 65.5 Å². The maximum Gasteiger partial charge on any atom is 0.247 e. The third-order valence-corrected chi connectivity index (χ3v) is 12.8. The van der Waals surface area contributed by atoms with Crippen LogP contribution in [0.15, 0.2) is 48.5 Å². The van der Waals surface area contributed by atoms with Crippen molar-refractivity contribution >= 4 is 11.6 Å². The summed E-state index contributed by atoms with van der Waals surface area (Å²) >= 11 is 0. The lowest BCUT2D eigenvalue weighted by Crippen LogP contribution is -2.71. The minimum Gasteiger partial charge on any atom is -0.394 e. The second kappa shape index (κ2) is 16.2. The van der Waals surface area contributed by atoms with Crippen LogP contribution in [-0.2, 0) is 14.9 Å². The van der Waals surface area contributed by atoms with Crippen molar-refractivity contribution in [3.8, 4) is 0 Å². The number of hydrogen-bond donors (Lipinski definition) is 6. The number of nitrogens with zero attached hydrogens (tertiary/aromatic N) is 2. The van der Waals surface area contributed by atoms with E-state index >= 15 is 0 Å². The van der Waals surface area contributed by atoms with Gasteiger partial charge in [-0.15, -0.1) is 0 Å². The van der Waals surface area contributed by atoms with Gasteiger partial charge in [0.1, 0.15) is 30.2 Å². The number of aliphatic hydroxyl groups excluding tert-OH is 3. The molecule has 6 N–H and O–H groups in total. The molecule has 1 spiro atoms. The van der Waals surface area contributed by atoms with Crippen LogP contribution < -0.4 is 16.3 Å². The molecule has 2 saturated heterocycles. The van der Waals surface area contributed by atoms with Crippen molar-refractivity contribution < 1.29 is 29.2 Å². The van der Waals surface area contributed by atoms with Gasteiger partial charge in [0.15, 0.2) is 6.23 Å². The molecule has 280 valence electrons. The van der Waals surface area contributed by atoms with Crippen LogP contribution in [0.5, 0.6) is 0 Å². The first-order valence-corrected chi connectivity index (χ1v) is 19.6. The van der Waals surface area contributed by atoms with Gasteiger partial charge in [-0.3, -0.25) is 4.79 Å². The number of aliphatic hydroxyl groups is 3. The average molecular weight is 708 g/mol. The number of ether oxygens (including phenoxy) is 1. The molecule has 7 rings (SSSR count). The highest BCUT2D eigenvalue weighted by Crippen LogP contribution is 2.50. The zero-order valence-electron chi connectivity index (χ0n) is 30.1. The smallest absolute Gasteiger partial charge is 0.247 e. The van der Waals surface area contributed by atoms with Crippen LogP contribution in [0.25, 0.3) is 0 Å². The van der Waals surface area contributed by atoms with Crippen molar-refractivity contribution in [2.75, 3.05) is 19.0 Å². The number of anilines is 1. The molecular weight excluding hydrogens is 649 g/mol. The number of hydrazine groups is 2. The van der Waals surface area contributed by atoms with Crippen LogP contribution >= 0.6 is 0 Å². The summed E-state index contributed by atoms with van der Waals surface area (Å²) in [5.41, 5.74) is 9.25. The fourth-order valence-corrected chi connectivity index (χ4v) is 10.2. The third-order valence-electron chi connectivity index (χ3n) is 12.8. The van der Waals surface area contributed by atoms with E-state index in [0.717, 1.165) is 88.3 Å². The van der Waals surface area contributed by atoms with Crippen molar-refractivity contribution in [1.82, 2.24) is 20.9 Å². The normalized spacial score (nSPS) is 33.7. The summed E-state index contributed by atoms with van der Waals surface area (Å²) in [6.07, 6.45) is 11.4. The first-order chi connectivity index (χ1) is 24.8. The Kier molecular flexibility index (Phi) is 11.6. The molecule has 10 nitrogen and oxygen atoms in total. The minimum absolute atomic E-state index is 0.180. The van der Waals surface area contributed by atoms with Gasteiger partial charge in [0.05, 0.1) is 18.7 Å². The molecule has 3 unspecified atom stereocenters. The third kappa shape index (κ3) is 7.20. The lowest BCUT2D eigenvalue weighted by Gasteiger charge is -2.50. The summed E-state index contributed by atoms with van der Waals surface area (Å²) in [5, 5.41) is 40.1. The summed E-state index contributed by atoms with van der Waals surface area (Å²) < 4.78 is 20.9. The lowest BCUT2D eigenvalue weighted by atomic mass is 9.68. The van der Waals surface area contributed by atoms with Crippen molar-refractivity contribution in [1.29, 1.82) is 0 Å². The number of rotatable bonds is 6. The first-order valence-electron chi connectivity index (χ1n) is 19.6. The number of amides is 1. The number of carbonyl (C=O) groups is 1. The Labute approximate surface area is 302 Å². The number of para-hydroxylation sites is 1. The van der Waals surface area contributed by atoms with Gasteiger partial charge in [0.2, 0.25) is 5.91 Å². The van der Waals surface area contributed by atoms with E-state index in [9.17, 15) is 24.5 Å². The molecule has 5 aliphatic rings. The Hall–Kier alpha value is -2.64. The van der Waals surface area contributed by atoms with Gasteiger partial charge in [0, 0.05) is 24.2 Å². The summed E-state index contributed by atoms with van der Waals surface area (Å²) in [5.74, 6) is -0.315. The number of hydrogen-bond acceptors (Lipinski definition) is 9. The number of halogens is 1. The molecule has 11 heteroatoms. The predicted octanol–water partition coefficient (Wildman–Crippen LogP) is 5.05. The van der Waals surface area contributed by atoms with Gasteiger partial charge in [-0.1, -0.05) is 101 Å². The van der Waals surface area contributed by atoms with Gasteiger partial charge >= 0.3 is 0 Å². The van der Waals surface area contributed by atoms with E-state index in [1.54, 1.807) is 19.2 Å². The van der Waals surface area contributed by atoms with E-state index in [2.05, 4.69) is 22.3 Å². The van der Waals surface area contributed by atoms with Crippen molar-refractivity contribution in [2.24, 2.45) is 5.92 Å². The Morgan fingerprint density at radius 2 is 1.57 bits per heavy atom. The molecule has 51 heavy (non-hydrogen) atoms. The van der Waals surface area contributed by atoms with Crippen LogP contribution in [-0.4, -0.2) is 87.5 Å². The predicted molar refractivity (Wildman–Crippen MR) is 194 cm³/mol. The van der Waals surface area contributed by atoms with E-state index in [4.69, 9.17) is 4.74 Å². The molecule has 0 radical (unpaired) electrons. The van der Waals surface area contributed by atoms with Gasteiger partial charge in [-0.25, -0.2) is 14.8 Å². The fourth-order valence-electron chi connectivity index (χ4n) is 10.2. The molecule has 3 aliphatic heterocycles. The Morgan fingerprint density at radius 3 is 2.25 bits per heavy atom. The Bertz CT molecular complexity index is 1460. The second-order valence-electron chi connectivity index (χ2n) is 15.9. The quantitative estimate of drug-likeness (QED) is 0.244.